The lowest BCUT2D eigenvalue weighted by atomic mass is 9.80. The molecular formula is C35H40O4. The molecule has 0 saturated heterocycles. The van der Waals surface area contributed by atoms with Gasteiger partial charge < -0.3 is 5.11 Å². The van der Waals surface area contributed by atoms with Crippen molar-refractivity contribution in [3.05, 3.63) is 107 Å². The Kier molecular flexibility index (Phi) is 8.21. The molecule has 1 N–H and O–H groups in total. The maximum absolute atomic E-state index is 14.6. The number of rotatable bonds is 6. The summed E-state index contributed by atoms with van der Waals surface area (Å²) >= 11 is 0. The quantitative estimate of drug-likeness (QED) is 0.153. The molecule has 39 heavy (non-hydrogen) atoms. The number of carboxylic acids is 1. The molecule has 0 fully saturated rings. The fraction of sp³-hybridized carbons (Fsp3) is 0.343. The molecule has 0 atom stereocenters. The highest BCUT2D eigenvalue weighted by molar-refractivity contribution is 6.41. The van der Waals surface area contributed by atoms with Crippen LogP contribution >= 0.6 is 0 Å². The minimum atomic E-state index is -1.30. The molecule has 3 aromatic carbocycles. The van der Waals surface area contributed by atoms with E-state index >= 15 is 0 Å². The van der Waals surface area contributed by atoms with Crippen molar-refractivity contribution in [2.45, 2.75) is 83.1 Å². The van der Waals surface area contributed by atoms with E-state index in [-0.39, 0.29) is 11.1 Å². The van der Waals surface area contributed by atoms with Crippen LogP contribution in [0.4, 0.5) is 0 Å². The van der Waals surface area contributed by atoms with E-state index in [1.807, 2.05) is 83.1 Å². The molecule has 0 aromatic heterocycles. The van der Waals surface area contributed by atoms with Gasteiger partial charge in [0.05, 0.1) is 11.1 Å². The fourth-order valence-electron chi connectivity index (χ4n) is 5.43. The summed E-state index contributed by atoms with van der Waals surface area (Å²) in [6.07, 6.45) is 0. The maximum Gasteiger partial charge on any atom is 0.337 e. The Morgan fingerprint density at radius 2 is 0.897 bits per heavy atom. The maximum atomic E-state index is 14.6. The van der Waals surface area contributed by atoms with Gasteiger partial charge in [-0.2, -0.15) is 0 Å². The summed E-state index contributed by atoms with van der Waals surface area (Å²) in [5.74, 6) is -2.42. The van der Waals surface area contributed by atoms with Gasteiger partial charge in [-0.15, -0.1) is 0 Å². The number of hydrogen-bond acceptors (Lipinski definition) is 3. The predicted octanol–water partition coefficient (Wildman–Crippen LogP) is 7.99. The Morgan fingerprint density at radius 3 is 1.36 bits per heavy atom. The molecule has 4 nitrogen and oxygen atoms in total. The normalized spacial score (nSPS) is 11.9. The molecule has 0 spiro atoms. The number of carbonyl (C=O) groups is 3. The fourth-order valence-corrected chi connectivity index (χ4v) is 5.43. The van der Waals surface area contributed by atoms with Crippen molar-refractivity contribution in [3.63, 3.8) is 0 Å². The number of aliphatic carboxylic acids is 1. The van der Waals surface area contributed by atoms with Crippen molar-refractivity contribution >= 4 is 23.1 Å². The first-order valence-corrected chi connectivity index (χ1v) is 13.3. The number of ketones is 2. The summed E-state index contributed by atoms with van der Waals surface area (Å²) in [6.45, 7) is 23.2. The standard InChI is InChI=1S/C35H40O4/c1-16-13-28(14-17(2)19(16)4)31(35(38)39)32(33(36)29-15-18(3)20(5)21(6)25(29)10)34(37)30-26(11)23(8)22(7)24(9)27(30)12/h13-15H,1-12H3,(H,38,39)/b32-31+. The third-order valence-corrected chi connectivity index (χ3v) is 9.09. The number of carboxylic acid groups (broad SMARTS) is 1. The predicted molar refractivity (Wildman–Crippen MR) is 159 cm³/mol. The van der Waals surface area contributed by atoms with E-state index in [1.54, 1.807) is 18.2 Å². The van der Waals surface area contributed by atoms with Gasteiger partial charge in [0.2, 0.25) is 0 Å². The molecule has 0 aliphatic heterocycles. The average Bonchev–Trinajstić information content (AvgIpc) is 2.87. The Balaban J connectivity index is 2.55. The van der Waals surface area contributed by atoms with Crippen LogP contribution in [0.3, 0.4) is 0 Å². The van der Waals surface area contributed by atoms with Crippen molar-refractivity contribution < 1.29 is 19.5 Å². The topological polar surface area (TPSA) is 71.4 Å². The van der Waals surface area contributed by atoms with Crippen LogP contribution in [0.1, 0.15) is 93.0 Å². The lowest BCUT2D eigenvalue weighted by Gasteiger charge is -2.21. The van der Waals surface area contributed by atoms with Gasteiger partial charge in [0.15, 0.2) is 11.6 Å². The second-order valence-corrected chi connectivity index (χ2v) is 11.1. The molecule has 0 heterocycles. The van der Waals surface area contributed by atoms with Crippen molar-refractivity contribution in [1.29, 1.82) is 0 Å². The molecule has 4 heteroatoms. The minimum absolute atomic E-state index is 0.263. The highest BCUT2D eigenvalue weighted by Crippen LogP contribution is 2.34. The van der Waals surface area contributed by atoms with Gasteiger partial charge >= 0.3 is 5.97 Å². The molecule has 0 amide bonds. The number of benzene rings is 3. The van der Waals surface area contributed by atoms with Crippen LogP contribution in [0, 0.1) is 83.1 Å². The average molecular weight is 525 g/mol. The van der Waals surface area contributed by atoms with Gasteiger partial charge in [0.25, 0.3) is 0 Å². The first-order valence-electron chi connectivity index (χ1n) is 13.3. The molecule has 0 radical (unpaired) electrons. The van der Waals surface area contributed by atoms with E-state index in [1.165, 1.54) is 0 Å². The molecule has 3 aromatic rings. The molecular weight excluding hydrogens is 484 g/mol. The van der Waals surface area contributed by atoms with Gasteiger partial charge in [-0.25, -0.2) is 4.79 Å². The molecule has 0 bridgehead atoms. The number of allylic oxidation sites excluding steroid dienone is 1. The van der Waals surface area contributed by atoms with E-state index in [2.05, 4.69) is 0 Å². The van der Waals surface area contributed by atoms with E-state index in [9.17, 15) is 19.5 Å². The molecule has 3 rings (SSSR count). The molecule has 0 unspecified atom stereocenters. The SMILES string of the molecule is Cc1cc(/C(C(=O)O)=C(/C(=O)c2cc(C)c(C)c(C)c2C)C(=O)c2c(C)c(C)c(C)c(C)c2C)cc(C)c1C. The van der Waals surface area contributed by atoms with Crippen LogP contribution in [-0.4, -0.2) is 22.6 Å². The monoisotopic (exact) mass is 524 g/mol. The summed E-state index contributed by atoms with van der Waals surface area (Å²) in [6, 6.07) is 5.30. The van der Waals surface area contributed by atoms with Gasteiger partial charge in [-0.1, -0.05) is 12.1 Å². The highest BCUT2D eigenvalue weighted by atomic mass is 16.4. The zero-order chi connectivity index (χ0) is 29.7. The van der Waals surface area contributed by atoms with E-state index in [0.717, 1.165) is 66.8 Å². The molecule has 0 aliphatic carbocycles. The van der Waals surface area contributed by atoms with Crippen molar-refractivity contribution in [3.8, 4) is 0 Å². The number of aryl methyl sites for hydroxylation is 3. The number of carbonyl (C=O) groups excluding carboxylic acids is 2. The van der Waals surface area contributed by atoms with Crippen LogP contribution in [0.5, 0.6) is 0 Å². The lowest BCUT2D eigenvalue weighted by molar-refractivity contribution is -0.130. The number of Topliss-reactive ketones (excluding diaryl/α,β-unsaturated/α-hetero) is 2. The van der Waals surface area contributed by atoms with Gasteiger partial charge in [0, 0.05) is 11.1 Å². The highest BCUT2D eigenvalue weighted by Gasteiger charge is 2.33. The van der Waals surface area contributed by atoms with E-state index in [4.69, 9.17) is 0 Å². The Morgan fingerprint density at radius 1 is 0.487 bits per heavy atom. The summed E-state index contributed by atoms with van der Waals surface area (Å²) in [5.41, 5.74) is 11.6. The zero-order valence-corrected chi connectivity index (χ0v) is 25.4. The third kappa shape index (κ3) is 5.01. The summed E-state index contributed by atoms with van der Waals surface area (Å²) in [4.78, 5) is 42.0. The van der Waals surface area contributed by atoms with Crippen molar-refractivity contribution in [2.24, 2.45) is 0 Å². The first kappa shape index (κ1) is 29.8. The summed E-state index contributed by atoms with van der Waals surface area (Å²) in [7, 11) is 0. The van der Waals surface area contributed by atoms with Crippen LogP contribution in [-0.2, 0) is 4.79 Å². The van der Waals surface area contributed by atoms with Crippen LogP contribution in [0.2, 0.25) is 0 Å². The largest absolute Gasteiger partial charge is 0.478 e. The van der Waals surface area contributed by atoms with E-state index < -0.39 is 17.5 Å². The van der Waals surface area contributed by atoms with Gasteiger partial charge in [0.1, 0.15) is 0 Å². The first-order chi connectivity index (χ1) is 18.0. The minimum Gasteiger partial charge on any atom is -0.478 e. The Labute approximate surface area is 232 Å². The Bertz CT molecular complexity index is 1560. The third-order valence-electron chi connectivity index (χ3n) is 9.09. The molecule has 0 aliphatic rings. The summed E-state index contributed by atoms with van der Waals surface area (Å²) in [5, 5.41) is 10.6. The number of hydrogen-bond donors (Lipinski definition) is 1. The molecule has 204 valence electrons. The van der Waals surface area contributed by atoms with Crippen LogP contribution in [0.15, 0.2) is 23.8 Å². The van der Waals surface area contributed by atoms with Gasteiger partial charge in [-0.05, 0) is 161 Å². The Hall–Kier alpha value is -3.79. The summed E-state index contributed by atoms with van der Waals surface area (Å²) < 4.78 is 0. The van der Waals surface area contributed by atoms with Crippen molar-refractivity contribution in [2.75, 3.05) is 0 Å². The van der Waals surface area contributed by atoms with Crippen molar-refractivity contribution in [1.82, 2.24) is 0 Å². The second kappa shape index (κ2) is 10.8. The zero-order valence-electron chi connectivity index (χ0n) is 25.4. The van der Waals surface area contributed by atoms with Crippen LogP contribution < -0.4 is 0 Å². The lowest BCUT2D eigenvalue weighted by Crippen LogP contribution is -2.23. The molecule has 0 saturated carbocycles. The van der Waals surface area contributed by atoms with E-state index in [0.29, 0.717) is 16.7 Å². The van der Waals surface area contributed by atoms with Gasteiger partial charge in [-0.3, -0.25) is 9.59 Å². The van der Waals surface area contributed by atoms with Crippen LogP contribution in [0.25, 0.3) is 5.57 Å². The second-order valence-electron chi connectivity index (χ2n) is 11.1. The smallest absolute Gasteiger partial charge is 0.337 e.